The van der Waals surface area contributed by atoms with E-state index in [0.717, 1.165) is 18.1 Å². The fourth-order valence-corrected chi connectivity index (χ4v) is 2.56. The maximum absolute atomic E-state index is 5.84. The van der Waals surface area contributed by atoms with Gasteiger partial charge in [0.25, 0.3) is 0 Å². The number of pyridine rings is 1. The van der Waals surface area contributed by atoms with Crippen LogP contribution in [0.2, 0.25) is 0 Å². The van der Waals surface area contributed by atoms with Gasteiger partial charge in [0.05, 0.1) is 12.6 Å². The van der Waals surface area contributed by atoms with Crippen molar-refractivity contribution in [1.82, 2.24) is 4.98 Å². The second kappa shape index (κ2) is 4.92. The molecule has 3 heteroatoms. The summed E-state index contributed by atoms with van der Waals surface area (Å²) in [6.07, 6.45) is 2.01. The predicted octanol–water partition coefficient (Wildman–Crippen LogP) is 3.43. The van der Waals surface area contributed by atoms with Crippen LogP contribution in [-0.4, -0.2) is 17.6 Å². The van der Waals surface area contributed by atoms with E-state index in [9.17, 15) is 0 Å². The molecule has 0 radical (unpaired) electrons. The van der Waals surface area contributed by atoms with Crippen molar-refractivity contribution in [2.45, 2.75) is 26.0 Å². The zero-order valence-electron chi connectivity index (χ0n) is 11.3. The molecule has 0 bridgehead atoms. The van der Waals surface area contributed by atoms with Crippen LogP contribution in [0.4, 0.5) is 5.82 Å². The maximum Gasteiger partial charge on any atom is 0.172 e. The molecule has 19 heavy (non-hydrogen) atoms. The van der Waals surface area contributed by atoms with E-state index in [-0.39, 0.29) is 6.10 Å². The van der Waals surface area contributed by atoms with Crippen molar-refractivity contribution in [2.75, 3.05) is 11.4 Å². The van der Waals surface area contributed by atoms with Crippen LogP contribution in [0.25, 0.3) is 0 Å². The minimum Gasteiger partial charge on any atom is -0.485 e. The molecule has 3 rings (SSSR count). The van der Waals surface area contributed by atoms with Crippen LogP contribution < -0.4 is 9.64 Å². The molecule has 2 atom stereocenters. The molecule has 1 aromatic heterocycles. The number of hydrogen-bond acceptors (Lipinski definition) is 3. The fourth-order valence-electron chi connectivity index (χ4n) is 2.56. The molecule has 0 aliphatic carbocycles. The van der Waals surface area contributed by atoms with Crippen LogP contribution in [-0.2, 0) is 0 Å². The summed E-state index contributed by atoms with van der Waals surface area (Å²) in [7, 11) is 0. The molecule has 2 unspecified atom stereocenters. The lowest BCUT2D eigenvalue weighted by Crippen LogP contribution is -2.40. The van der Waals surface area contributed by atoms with Crippen LogP contribution in [0, 0.1) is 0 Å². The Hall–Kier alpha value is -2.03. The van der Waals surface area contributed by atoms with E-state index in [1.807, 2.05) is 24.4 Å². The quantitative estimate of drug-likeness (QED) is 0.821. The number of fused-ring (bicyclic) bond motifs is 1. The highest BCUT2D eigenvalue weighted by atomic mass is 16.5. The molecule has 0 spiro atoms. The molecule has 0 fully saturated rings. The van der Waals surface area contributed by atoms with Crippen molar-refractivity contribution in [3.05, 3.63) is 54.2 Å². The lowest BCUT2D eigenvalue weighted by molar-refractivity contribution is 0.206. The smallest absolute Gasteiger partial charge is 0.172 e. The van der Waals surface area contributed by atoms with Gasteiger partial charge >= 0.3 is 0 Å². The van der Waals surface area contributed by atoms with Gasteiger partial charge in [-0.3, -0.25) is 0 Å². The van der Waals surface area contributed by atoms with Crippen molar-refractivity contribution in [2.24, 2.45) is 0 Å². The first-order valence-corrected chi connectivity index (χ1v) is 6.69. The Morgan fingerprint density at radius 1 is 1.21 bits per heavy atom. The highest BCUT2D eigenvalue weighted by Crippen LogP contribution is 2.36. The topological polar surface area (TPSA) is 25.4 Å². The first-order chi connectivity index (χ1) is 9.25. The maximum atomic E-state index is 5.84. The Morgan fingerprint density at radius 2 is 2.00 bits per heavy atom. The van der Waals surface area contributed by atoms with Crippen LogP contribution >= 0.6 is 0 Å². The summed E-state index contributed by atoms with van der Waals surface area (Å²) in [4.78, 5) is 6.80. The third-order valence-electron chi connectivity index (χ3n) is 3.55. The van der Waals surface area contributed by atoms with E-state index in [0.29, 0.717) is 6.04 Å². The SMILES string of the molecule is CC1CN(C(C)c2ccccc2)c2ncccc2O1. The molecule has 1 aliphatic rings. The van der Waals surface area contributed by atoms with E-state index in [1.165, 1.54) is 5.56 Å². The van der Waals surface area contributed by atoms with E-state index >= 15 is 0 Å². The number of nitrogens with zero attached hydrogens (tertiary/aromatic N) is 2. The summed E-state index contributed by atoms with van der Waals surface area (Å²) < 4.78 is 5.84. The van der Waals surface area contributed by atoms with Crippen molar-refractivity contribution in [1.29, 1.82) is 0 Å². The molecule has 1 aromatic carbocycles. The van der Waals surface area contributed by atoms with Gasteiger partial charge in [-0.25, -0.2) is 4.98 Å². The third-order valence-corrected chi connectivity index (χ3v) is 3.55. The fraction of sp³-hybridized carbons (Fsp3) is 0.312. The van der Waals surface area contributed by atoms with Crippen molar-refractivity contribution < 1.29 is 4.74 Å². The van der Waals surface area contributed by atoms with Gasteiger partial charge in [0, 0.05) is 6.20 Å². The number of benzene rings is 1. The van der Waals surface area contributed by atoms with Crippen LogP contribution in [0.1, 0.15) is 25.5 Å². The Labute approximate surface area is 113 Å². The van der Waals surface area contributed by atoms with Crippen LogP contribution in [0.3, 0.4) is 0 Å². The molecular weight excluding hydrogens is 236 g/mol. The minimum atomic E-state index is 0.183. The van der Waals surface area contributed by atoms with Crippen molar-refractivity contribution in [3.8, 4) is 5.75 Å². The average molecular weight is 254 g/mol. The molecular formula is C16H18N2O. The lowest BCUT2D eigenvalue weighted by atomic mass is 10.1. The number of anilines is 1. The Balaban J connectivity index is 1.97. The van der Waals surface area contributed by atoms with Crippen LogP contribution in [0.15, 0.2) is 48.7 Å². The van der Waals surface area contributed by atoms with Gasteiger partial charge in [-0.15, -0.1) is 0 Å². The zero-order chi connectivity index (χ0) is 13.2. The molecule has 1 aliphatic heterocycles. The summed E-state index contributed by atoms with van der Waals surface area (Å²) in [5, 5.41) is 0. The first kappa shape index (κ1) is 12.0. The van der Waals surface area contributed by atoms with Gasteiger partial charge in [-0.2, -0.15) is 0 Å². The Kier molecular flexibility index (Phi) is 3.11. The van der Waals surface area contributed by atoms with Gasteiger partial charge in [-0.05, 0) is 31.5 Å². The molecule has 2 aromatic rings. The van der Waals surface area contributed by atoms with Crippen LogP contribution in [0.5, 0.6) is 5.75 Å². The highest BCUT2D eigenvalue weighted by Gasteiger charge is 2.27. The van der Waals surface area contributed by atoms with E-state index in [1.54, 1.807) is 0 Å². The molecule has 0 amide bonds. The van der Waals surface area contributed by atoms with Gasteiger partial charge < -0.3 is 9.64 Å². The zero-order valence-corrected chi connectivity index (χ0v) is 11.3. The van der Waals surface area contributed by atoms with Gasteiger partial charge in [0.15, 0.2) is 11.6 Å². The molecule has 2 heterocycles. The standard InChI is InChI=1S/C16H18N2O/c1-12-11-18(13(2)14-7-4-3-5-8-14)16-15(19-12)9-6-10-17-16/h3-10,12-13H,11H2,1-2H3. The average Bonchev–Trinajstić information content (AvgIpc) is 2.46. The Bertz CT molecular complexity index is 556. The summed E-state index contributed by atoms with van der Waals surface area (Å²) in [6.45, 7) is 5.17. The molecule has 3 nitrogen and oxygen atoms in total. The minimum absolute atomic E-state index is 0.183. The van der Waals surface area contributed by atoms with E-state index in [2.05, 4.69) is 48.0 Å². The van der Waals surface area contributed by atoms with Gasteiger partial charge in [0.1, 0.15) is 6.10 Å². The number of aromatic nitrogens is 1. The second-order valence-corrected chi connectivity index (χ2v) is 4.99. The Morgan fingerprint density at radius 3 is 2.79 bits per heavy atom. The van der Waals surface area contributed by atoms with Gasteiger partial charge in [-0.1, -0.05) is 30.3 Å². The first-order valence-electron chi connectivity index (χ1n) is 6.69. The number of hydrogen-bond donors (Lipinski definition) is 0. The summed E-state index contributed by atoms with van der Waals surface area (Å²) >= 11 is 0. The number of rotatable bonds is 2. The molecule has 0 N–H and O–H groups in total. The predicted molar refractivity (Wildman–Crippen MR) is 76.5 cm³/mol. The van der Waals surface area contributed by atoms with Crippen molar-refractivity contribution >= 4 is 5.82 Å². The number of ether oxygens (including phenoxy) is 1. The van der Waals surface area contributed by atoms with Gasteiger partial charge in [0.2, 0.25) is 0 Å². The van der Waals surface area contributed by atoms with Crippen molar-refractivity contribution in [3.63, 3.8) is 0 Å². The van der Waals surface area contributed by atoms with E-state index < -0.39 is 0 Å². The summed E-state index contributed by atoms with van der Waals surface area (Å²) in [5.74, 6) is 1.82. The normalized spacial score (nSPS) is 19.5. The molecule has 0 saturated carbocycles. The monoisotopic (exact) mass is 254 g/mol. The molecule has 98 valence electrons. The van der Waals surface area contributed by atoms with E-state index in [4.69, 9.17) is 4.74 Å². The second-order valence-electron chi connectivity index (χ2n) is 4.99. The lowest BCUT2D eigenvalue weighted by Gasteiger charge is -2.37. The largest absolute Gasteiger partial charge is 0.485 e. The summed E-state index contributed by atoms with van der Waals surface area (Å²) in [6, 6.07) is 14.7. The molecule has 0 saturated heterocycles. The third kappa shape index (κ3) is 2.28. The highest BCUT2D eigenvalue weighted by molar-refractivity contribution is 5.55. The summed E-state index contributed by atoms with van der Waals surface area (Å²) in [5.41, 5.74) is 1.30.